The Morgan fingerprint density at radius 1 is 1.37 bits per heavy atom. The molecule has 0 radical (unpaired) electrons. The number of nitrogens with two attached hydrogens (primary N) is 1. The van der Waals surface area contributed by atoms with Crippen molar-refractivity contribution in [2.45, 2.75) is 43.9 Å². The number of hydrogen-bond donors (Lipinski definition) is 2. The fourth-order valence-corrected chi connectivity index (χ4v) is 6.71. The number of amides is 1. The van der Waals surface area contributed by atoms with Crippen LogP contribution in [-0.2, 0) is 9.59 Å². The van der Waals surface area contributed by atoms with Gasteiger partial charge in [0.1, 0.15) is 11.6 Å². The minimum Gasteiger partial charge on any atom is -0.468 e. The van der Waals surface area contributed by atoms with E-state index in [2.05, 4.69) is 21.6 Å². The summed E-state index contributed by atoms with van der Waals surface area (Å²) < 4.78 is 6.09. The highest BCUT2D eigenvalue weighted by Gasteiger charge is 2.46. The van der Waals surface area contributed by atoms with E-state index in [-0.39, 0.29) is 39.9 Å². The van der Waals surface area contributed by atoms with Crippen LogP contribution in [0, 0.1) is 33.8 Å². The summed E-state index contributed by atoms with van der Waals surface area (Å²) in [5.74, 6) is -0.596. The molecule has 14 heteroatoms. The van der Waals surface area contributed by atoms with Crippen LogP contribution >= 0.6 is 23.1 Å². The van der Waals surface area contributed by atoms with E-state index in [0.29, 0.717) is 50.6 Å². The SMILES string of the molecule is Cc1ccc(NC(=O)CSc2nnc(N3C(N)=C(C#N)C(c4ccco4)C4=C3CC(C)(C)CC4=O)s2)cc1[N+](=O)[O-]. The van der Waals surface area contributed by atoms with Crippen LogP contribution in [0.5, 0.6) is 0 Å². The number of nitrogens with one attached hydrogen (secondary N) is 1. The van der Waals surface area contributed by atoms with Gasteiger partial charge in [-0.3, -0.25) is 24.6 Å². The number of carbonyl (C=O) groups excluding carboxylic acids is 2. The highest BCUT2D eigenvalue weighted by Crippen LogP contribution is 2.50. The number of nitro benzene ring substituents is 1. The Labute approximate surface area is 243 Å². The third kappa shape index (κ3) is 5.46. The van der Waals surface area contributed by atoms with Crippen LogP contribution in [0.15, 0.2) is 68.0 Å². The van der Waals surface area contributed by atoms with E-state index >= 15 is 0 Å². The minimum atomic E-state index is -0.715. The molecule has 0 spiro atoms. The van der Waals surface area contributed by atoms with Gasteiger partial charge in [-0.2, -0.15) is 5.26 Å². The number of ketones is 1. The number of nitrogens with zero attached hydrogens (tertiary/aromatic N) is 5. The lowest BCUT2D eigenvalue weighted by atomic mass is 9.69. The van der Waals surface area contributed by atoms with Crippen molar-refractivity contribution in [3.05, 3.63) is 80.7 Å². The van der Waals surface area contributed by atoms with Crippen LogP contribution < -0.4 is 16.0 Å². The molecule has 0 saturated heterocycles. The van der Waals surface area contributed by atoms with E-state index in [1.54, 1.807) is 36.1 Å². The second-order valence-corrected chi connectivity index (χ2v) is 12.6. The molecule has 2 aliphatic rings. The lowest BCUT2D eigenvalue weighted by Crippen LogP contribution is -2.42. The second kappa shape index (κ2) is 10.8. The summed E-state index contributed by atoms with van der Waals surface area (Å²) in [5.41, 5.74) is 8.25. The topological polar surface area (TPSA) is 181 Å². The Hall–Kier alpha value is -4.48. The lowest BCUT2D eigenvalue weighted by molar-refractivity contribution is -0.385. The second-order valence-electron chi connectivity index (χ2n) is 10.4. The maximum Gasteiger partial charge on any atom is 0.274 e. The standard InChI is InChI=1S/C27H25N7O5S2/c1-14-6-7-15(9-17(14)34(37)38)30-21(36)13-40-26-32-31-25(41-26)33-18-10-27(2,3)11-19(35)23(18)22(16(12-28)24(33)29)20-5-4-8-39-20/h4-9,22H,10-11,13,29H2,1-3H3,(H,30,36). The van der Waals surface area contributed by atoms with Gasteiger partial charge in [0, 0.05) is 35.0 Å². The molecule has 0 bridgehead atoms. The zero-order valence-electron chi connectivity index (χ0n) is 22.3. The average Bonchev–Trinajstić information content (AvgIpc) is 3.60. The summed E-state index contributed by atoms with van der Waals surface area (Å²) in [6, 6.07) is 10.1. The molecule has 41 heavy (non-hydrogen) atoms. The molecule has 1 aromatic carbocycles. The van der Waals surface area contributed by atoms with E-state index in [1.165, 1.54) is 23.7 Å². The average molecular weight is 592 g/mol. The summed E-state index contributed by atoms with van der Waals surface area (Å²) in [6.07, 6.45) is 2.32. The predicted molar refractivity (Wildman–Crippen MR) is 153 cm³/mol. The first kappa shape index (κ1) is 28.1. The van der Waals surface area contributed by atoms with Gasteiger partial charge in [-0.25, -0.2) is 0 Å². The van der Waals surface area contributed by atoms with Gasteiger partial charge in [-0.05, 0) is 37.0 Å². The van der Waals surface area contributed by atoms with Crippen molar-refractivity contribution in [1.82, 2.24) is 10.2 Å². The summed E-state index contributed by atoms with van der Waals surface area (Å²) in [4.78, 5) is 38.4. The Morgan fingerprint density at radius 3 is 2.83 bits per heavy atom. The summed E-state index contributed by atoms with van der Waals surface area (Å²) in [7, 11) is 0. The van der Waals surface area contributed by atoms with Crippen molar-refractivity contribution in [3.8, 4) is 6.07 Å². The van der Waals surface area contributed by atoms with E-state index in [9.17, 15) is 25.0 Å². The van der Waals surface area contributed by atoms with Crippen molar-refractivity contribution < 1.29 is 18.9 Å². The molecule has 210 valence electrons. The van der Waals surface area contributed by atoms with Gasteiger partial charge >= 0.3 is 0 Å². The largest absolute Gasteiger partial charge is 0.468 e. The number of nitriles is 1. The molecule has 3 aromatic rings. The lowest BCUT2D eigenvalue weighted by Gasteiger charge is -2.42. The smallest absolute Gasteiger partial charge is 0.274 e. The zero-order valence-corrected chi connectivity index (χ0v) is 24.0. The number of aromatic nitrogens is 2. The number of aryl methyl sites for hydroxylation is 1. The monoisotopic (exact) mass is 591 g/mol. The van der Waals surface area contributed by atoms with Gasteiger partial charge < -0.3 is 15.5 Å². The van der Waals surface area contributed by atoms with Gasteiger partial charge in [0.15, 0.2) is 10.1 Å². The molecular formula is C27H25N7O5S2. The fourth-order valence-electron chi connectivity index (χ4n) is 5.03. The van der Waals surface area contributed by atoms with E-state index in [0.717, 1.165) is 11.8 Å². The molecule has 2 aromatic heterocycles. The molecule has 1 amide bonds. The number of furan rings is 1. The van der Waals surface area contributed by atoms with Gasteiger partial charge in [-0.15, -0.1) is 10.2 Å². The number of anilines is 2. The van der Waals surface area contributed by atoms with Crippen molar-refractivity contribution >= 4 is 51.3 Å². The number of nitro groups is 1. The summed E-state index contributed by atoms with van der Waals surface area (Å²) >= 11 is 2.31. The fraction of sp³-hybridized carbons (Fsp3) is 0.296. The maximum atomic E-state index is 13.5. The highest BCUT2D eigenvalue weighted by atomic mass is 32.2. The Bertz CT molecular complexity index is 1670. The van der Waals surface area contributed by atoms with Crippen molar-refractivity contribution in [3.63, 3.8) is 0 Å². The van der Waals surface area contributed by atoms with Gasteiger partial charge in [0.2, 0.25) is 11.0 Å². The van der Waals surface area contributed by atoms with E-state index in [4.69, 9.17) is 10.2 Å². The number of Topliss-reactive ketones (excluding diaryl/α,β-unsaturated/α-hetero) is 1. The quantitative estimate of drug-likeness (QED) is 0.214. The molecule has 1 unspecified atom stereocenters. The molecular weight excluding hydrogens is 566 g/mol. The zero-order chi connectivity index (χ0) is 29.5. The minimum absolute atomic E-state index is 0.0227. The van der Waals surface area contributed by atoms with Crippen molar-refractivity contribution in [1.29, 1.82) is 5.26 Å². The molecule has 3 N–H and O–H groups in total. The summed E-state index contributed by atoms with van der Waals surface area (Å²) in [5, 5.41) is 32.8. The van der Waals surface area contributed by atoms with Crippen LogP contribution in [0.4, 0.5) is 16.5 Å². The van der Waals surface area contributed by atoms with Crippen LogP contribution in [0.3, 0.4) is 0 Å². The first-order valence-corrected chi connectivity index (χ1v) is 14.3. The molecule has 3 heterocycles. The van der Waals surface area contributed by atoms with Crippen LogP contribution in [0.1, 0.15) is 43.9 Å². The maximum absolute atomic E-state index is 13.5. The Balaban J connectivity index is 1.40. The third-order valence-corrected chi connectivity index (χ3v) is 8.85. The van der Waals surface area contributed by atoms with Crippen LogP contribution in [0.25, 0.3) is 0 Å². The molecule has 1 aliphatic carbocycles. The van der Waals surface area contributed by atoms with E-state index < -0.39 is 10.8 Å². The summed E-state index contributed by atoms with van der Waals surface area (Å²) in [6.45, 7) is 5.62. The molecule has 1 aliphatic heterocycles. The Kier molecular flexibility index (Phi) is 7.41. The molecule has 0 fully saturated rings. The number of carbonyl (C=O) groups is 2. The first-order chi connectivity index (χ1) is 19.5. The molecule has 5 rings (SSSR count). The number of benzene rings is 1. The molecule has 12 nitrogen and oxygen atoms in total. The predicted octanol–water partition coefficient (Wildman–Crippen LogP) is 5.02. The number of hydrogen-bond acceptors (Lipinski definition) is 12. The van der Waals surface area contributed by atoms with Crippen molar-refractivity contribution in [2.75, 3.05) is 16.0 Å². The van der Waals surface area contributed by atoms with Crippen LogP contribution in [-0.4, -0.2) is 32.6 Å². The number of thioether (sulfide) groups is 1. The van der Waals surface area contributed by atoms with Crippen LogP contribution in [0.2, 0.25) is 0 Å². The van der Waals surface area contributed by atoms with Gasteiger partial charge in [0.25, 0.3) is 5.69 Å². The van der Waals surface area contributed by atoms with Crippen molar-refractivity contribution in [2.24, 2.45) is 11.1 Å². The molecule has 0 saturated carbocycles. The van der Waals surface area contributed by atoms with Gasteiger partial charge in [-0.1, -0.05) is 43.0 Å². The number of allylic oxidation sites excluding steroid dienone is 3. The normalized spacial score (nSPS) is 18.2. The highest BCUT2D eigenvalue weighted by molar-refractivity contribution is 8.01. The van der Waals surface area contributed by atoms with E-state index in [1.807, 2.05) is 13.8 Å². The third-order valence-electron chi connectivity index (χ3n) is 6.81. The van der Waals surface area contributed by atoms with Gasteiger partial charge in [0.05, 0.1) is 34.5 Å². The molecule has 1 atom stereocenters. The first-order valence-electron chi connectivity index (χ1n) is 12.5. The Morgan fingerprint density at radius 2 is 2.15 bits per heavy atom. The number of rotatable bonds is 7.